The van der Waals surface area contributed by atoms with Gasteiger partial charge in [-0.2, -0.15) is 12.6 Å². The Hall–Kier alpha value is -0.190. The summed E-state index contributed by atoms with van der Waals surface area (Å²) in [6.07, 6.45) is 0.0907. The monoisotopic (exact) mass is 318 g/mol. The Morgan fingerprint density at radius 2 is 1.82 bits per heavy atom. The van der Waals surface area contributed by atoms with Crippen LogP contribution in [0.2, 0.25) is 0 Å². The predicted molar refractivity (Wildman–Crippen MR) is 78.3 cm³/mol. The first-order valence-corrected chi connectivity index (χ1v) is 7.00. The fourth-order valence-electron chi connectivity index (χ4n) is 2.04. The van der Waals surface area contributed by atoms with Crippen LogP contribution in [0.15, 0.2) is 4.47 Å². The molecule has 0 saturated heterocycles. The Bertz CT molecular complexity index is 419. The first-order valence-electron chi connectivity index (χ1n) is 5.57. The third kappa shape index (κ3) is 2.80. The molecule has 2 nitrogen and oxygen atoms in total. The SMILES string of the molecule is COc1c(C)c(C)c(Br)c(C)c1C(O)CCS. The average molecular weight is 319 g/mol. The number of hydrogen-bond acceptors (Lipinski definition) is 3. The van der Waals surface area contributed by atoms with Crippen molar-refractivity contribution in [2.75, 3.05) is 12.9 Å². The van der Waals surface area contributed by atoms with Gasteiger partial charge in [0.2, 0.25) is 0 Å². The molecule has 0 aliphatic rings. The normalized spacial score (nSPS) is 12.6. The summed E-state index contributed by atoms with van der Waals surface area (Å²) in [5, 5.41) is 10.2. The summed E-state index contributed by atoms with van der Waals surface area (Å²) in [5.74, 6) is 1.44. The van der Waals surface area contributed by atoms with Gasteiger partial charge in [-0.15, -0.1) is 0 Å². The molecule has 1 atom stereocenters. The molecule has 4 heteroatoms. The van der Waals surface area contributed by atoms with Gasteiger partial charge < -0.3 is 9.84 Å². The maximum atomic E-state index is 10.2. The highest BCUT2D eigenvalue weighted by atomic mass is 79.9. The maximum Gasteiger partial charge on any atom is 0.128 e. The van der Waals surface area contributed by atoms with Crippen molar-refractivity contribution in [1.82, 2.24) is 0 Å². The fourth-order valence-corrected chi connectivity index (χ4v) is 2.79. The summed E-state index contributed by atoms with van der Waals surface area (Å²) in [7, 11) is 1.64. The van der Waals surface area contributed by atoms with Gasteiger partial charge in [0.1, 0.15) is 5.75 Å². The number of methoxy groups -OCH3 is 1. The lowest BCUT2D eigenvalue weighted by atomic mass is 9.94. The molecule has 0 bridgehead atoms. The Kier molecular flexibility index (Phi) is 5.35. The number of aliphatic hydroxyl groups excluding tert-OH is 1. The molecule has 0 amide bonds. The van der Waals surface area contributed by atoms with Gasteiger partial charge in [-0.05, 0) is 49.6 Å². The maximum absolute atomic E-state index is 10.2. The molecule has 1 rings (SSSR count). The highest BCUT2D eigenvalue weighted by Gasteiger charge is 2.21. The van der Waals surface area contributed by atoms with Crippen molar-refractivity contribution in [2.24, 2.45) is 0 Å². The van der Waals surface area contributed by atoms with Gasteiger partial charge in [0.05, 0.1) is 13.2 Å². The minimum Gasteiger partial charge on any atom is -0.496 e. The molecule has 0 heterocycles. The second kappa shape index (κ2) is 6.12. The van der Waals surface area contributed by atoms with Crippen molar-refractivity contribution < 1.29 is 9.84 Å². The minimum absolute atomic E-state index is 0.530. The highest BCUT2D eigenvalue weighted by molar-refractivity contribution is 9.10. The molecule has 1 aromatic rings. The first kappa shape index (κ1) is 14.9. The Labute approximate surface area is 117 Å². The Morgan fingerprint density at radius 3 is 2.29 bits per heavy atom. The smallest absolute Gasteiger partial charge is 0.128 e. The van der Waals surface area contributed by atoms with Crippen molar-refractivity contribution in [3.63, 3.8) is 0 Å². The third-order valence-electron chi connectivity index (χ3n) is 3.15. The van der Waals surface area contributed by atoms with E-state index in [0.29, 0.717) is 12.2 Å². The van der Waals surface area contributed by atoms with Gasteiger partial charge in [0, 0.05) is 10.0 Å². The van der Waals surface area contributed by atoms with E-state index in [1.54, 1.807) is 7.11 Å². The molecule has 0 radical (unpaired) electrons. The molecule has 1 N–H and O–H groups in total. The van der Waals surface area contributed by atoms with E-state index in [4.69, 9.17) is 4.74 Å². The number of halogens is 1. The van der Waals surface area contributed by atoms with Crippen molar-refractivity contribution >= 4 is 28.6 Å². The summed E-state index contributed by atoms with van der Waals surface area (Å²) in [5.41, 5.74) is 4.13. The van der Waals surface area contributed by atoms with Crippen molar-refractivity contribution in [3.8, 4) is 5.75 Å². The third-order valence-corrected chi connectivity index (χ3v) is 4.60. The molecule has 96 valence electrons. The number of benzene rings is 1. The number of ether oxygens (including phenoxy) is 1. The second-order valence-corrected chi connectivity index (χ2v) is 5.40. The van der Waals surface area contributed by atoms with Gasteiger partial charge in [0.15, 0.2) is 0 Å². The van der Waals surface area contributed by atoms with Crippen LogP contribution < -0.4 is 4.74 Å². The lowest BCUT2D eigenvalue weighted by Gasteiger charge is -2.22. The van der Waals surface area contributed by atoms with E-state index in [2.05, 4.69) is 28.6 Å². The van der Waals surface area contributed by atoms with Crippen molar-refractivity contribution in [2.45, 2.75) is 33.3 Å². The number of aliphatic hydroxyl groups is 1. The topological polar surface area (TPSA) is 29.5 Å². The molecule has 0 aliphatic heterocycles. The summed E-state index contributed by atoms with van der Waals surface area (Å²) < 4.78 is 6.50. The summed E-state index contributed by atoms with van der Waals surface area (Å²) in [4.78, 5) is 0. The molecule has 17 heavy (non-hydrogen) atoms. The molecule has 0 aliphatic carbocycles. The molecule has 0 fully saturated rings. The van der Waals surface area contributed by atoms with Gasteiger partial charge in [-0.1, -0.05) is 15.9 Å². The molecular weight excluding hydrogens is 300 g/mol. The van der Waals surface area contributed by atoms with Gasteiger partial charge in [0.25, 0.3) is 0 Å². The first-order chi connectivity index (χ1) is 7.95. The van der Waals surface area contributed by atoms with E-state index in [1.165, 1.54) is 0 Å². The van der Waals surface area contributed by atoms with Crippen LogP contribution in [0.5, 0.6) is 5.75 Å². The van der Waals surface area contributed by atoms with Crippen molar-refractivity contribution in [1.29, 1.82) is 0 Å². The van der Waals surface area contributed by atoms with Crippen molar-refractivity contribution in [3.05, 3.63) is 26.7 Å². The standard InChI is InChI=1S/C13H19BrO2S/c1-7-8(2)13(16-4)11(9(3)12(7)14)10(15)5-6-17/h10,15,17H,5-6H2,1-4H3. The zero-order chi connectivity index (χ0) is 13.2. The average Bonchev–Trinajstić information content (AvgIpc) is 2.31. The Balaban J connectivity index is 3.46. The summed E-state index contributed by atoms with van der Waals surface area (Å²) in [6, 6.07) is 0. The summed E-state index contributed by atoms with van der Waals surface area (Å²) in [6.45, 7) is 6.05. The lowest BCUT2D eigenvalue weighted by molar-refractivity contribution is 0.169. The number of hydrogen-bond donors (Lipinski definition) is 2. The predicted octanol–water partition coefficient (Wildman–Crippen LogP) is 3.74. The summed E-state index contributed by atoms with van der Waals surface area (Å²) >= 11 is 7.75. The van der Waals surface area contributed by atoms with Gasteiger partial charge >= 0.3 is 0 Å². The van der Waals surface area contributed by atoms with Crippen LogP contribution in [0.25, 0.3) is 0 Å². The van der Waals surface area contributed by atoms with E-state index in [-0.39, 0.29) is 0 Å². The van der Waals surface area contributed by atoms with Crippen LogP contribution >= 0.6 is 28.6 Å². The number of rotatable bonds is 4. The molecule has 0 saturated carbocycles. The fraction of sp³-hybridized carbons (Fsp3) is 0.538. The molecular formula is C13H19BrO2S. The number of thiol groups is 1. The molecule has 1 unspecified atom stereocenters. The minimum atomic E-state index is -0.530. The van der Waals surface area contributed by atoms with E-state index in [9.17, 15) is 5.11 Å². The van der Waals surface area contributed by atoms with Crippen LogP contribution in [-0.4, -0.2) is 18.0 Å². The van der Waals surface area contributed by atoms with Crippen LogP contribution in [0.1, 0.15) is 34.8 Å². The zero-order valence-corrected chi connectivity index (χ0v) is 13.2. The largest absolute Gasteiger partial charge is 0.496 e. The van der Waals surface area contributed by atoms with Gasteiger partial charge in [-0.3, -0.25) is 0 Å². The van der Waals surface area contributed by atoms with E-state index >= 15 is 0 Å². The van der Waals surface area contributed by atoms with E-state index < -0.39 is 6.10 Å². The van der Waals surface area contributed by atoms with Crippen LogP contribution in [0.3, 0.4) is 0 Å². The van der Waals surface area contributed by atoms with E-state index in [1.807, 2.05) is 20.8 Å². The lowest BCUT2D eigenvalue weighted by Crippen LogP contribution is -2.07. The zero-order valence-electron chi connectivity index (χ0n) is 10.7. The van der Waals surface area contributed by atoms with Gasteiger partial charge in [-0.25, -0.2) is 0 Å². The Morgan fingerprint density at radius 1 is 1.24 bits per heavy atom. The van der Waals surface area contributed by atoms with E-state index in [0.717, 1.165) is 32.5 Å². The molecule has 0 spiro atoms. The highest BCUT2D eigenvalue weighted by Crippen LogP contribution is 2.40. The molecule has 0 aromatic heterocycles. The molecule has 1 aromatic carbocycles. The quantitative estimate of drug-likeness (QED) is 0.828. The second-order valence-electron chi connectivity index (χ2n) is 4.16. The van der Waals surface area contributed by atoms with Crippen LogP contribution in [0.4, 0.5) is 0 Å². The van der Waals surface area contributed by atoms with Crippen LogP contribution in [-0.2, 0) is 0 Å². The van der Waals surface area contributed by atoms with Crippen LogP contribution in [0, 0.1) is 20.8 Å².